The van der Waals surface area contributed by atoms with E-state index >= 15 is 0 Å². The van der Waals surface area contributed by atoms with Gasteiger partial charge in [0.05, 0.1) is 18.3 Å². The van der Waals surface area contributed by atoms with Gasteiger partial charge in [-0.15, -0.1) is 0 Å². The lowest BCUT2D eigenvalue weighted by atomic mass is 10.1. The number of carbonyl (C=O) groups excluding carboxylic acids is 1. The molecule has 5 heteroatoms. The predicted octanol–water partition coefficient (Wildman–Crippen LogP) is 2.48. The molecule has 0 radical (unpaired) electrons. The van der Waals surface area contributed by atoms with Gasteiger partial charge in [-0.1, -0.05) is 13.8 Å². The second-order valence-electron chi connectivity index (χ2n) is 5.48. The minimum atomic E-state index is -0.198. The molecule has 128 valence electrons. The van der Waals surface area contributed by atoms with Crippen molar-refractivity contribution in [1.29, 1.82) is 0 Å². The highest BCUT2D eigenvalue weighted by atomic mass is 16.5. The molecule has 0 saturated heterocycles. The number of hydrogen-bond acceptors (Lipinski definition) is 5. The molecule has 0 aliphatic rings. The first-order valence-electron chi connectivity index (χ1n) is 8.03. The lowest BCUT2D eigenvalue weighted by molar-refractivity contribution is -0.117. The molecule has 0 amide bonds. The van der Waals surface area contributed by atoms with Crippen molar-refractivity contribution in [3.63, 3.8) is 0 Å². The second-order valence-corrected chi connectivity index (χ2v) is 5.48. The summed E-state index contributed by atoms with van der Waals surface area (Å²) < 4.78 is 11.4. The Morgan fingerprint density at radius 1 is 1.29 bits per heavy atom. The van der Waals surface area contributed by atoms with Gasteiger partial charge in [0.25, 0.3) is 0 Å². The van der Waals surface area contributed by atoms with Crippen molar-refractivity contribution in [3.05, 3.63) is 0 Å². The average molecular weight is 304 g/mol. The summed E-state index contributed by atoms with van der Waals surface area (Å²) in [6.07, 6.45) is 2.33. The van der Waals surface area contributed by atoms with Gasteiger partial charge in [0.1, 0.15) is 5.78 Å². The molecule has 0 bridgehead atoms. The molecule has 0 heterocycles. The highest BCUT2D eigenvalue weighted by Crippen LogP contribution is 2.15. The zero-order valence-electron chi connectivity index (χ0n) is 14.8. The molecule has 0 spiro atoms. The molecule has 21 heavy (non-hydrogen) atoms. The Morgan fingerprint density at radius 2 is 1.90 bits per heavy atom. The van der Waals surface area contributed by atoms with Crippen LogP contribution in [-0.4, -0.2) is 43.9 Å². The molecule has 0 aromatic carbocycles. The SMILES string of the molecule is CC.CC(=O)CCC(C)OCCC(C)(C)OCCNCN. The summed E-state index contributed by atoms with van der Waals surface area (Å²) in [5.41, 5.74) is 5.13. The Kier molecular flexibility index (Phi) is 15.7. The molecule has 5 nitrogen and oxygen atoms in total. The molecular formula is C16H36N2O3. The van der Waals surface area contributed by atoms with Crippen molar-refractivity contribution in [1.82, 2.24) is 5.32 Å². The minimum Gasteiger partial charge on any atom is -0.378 e. The minimum absolute atomic E-state index is 0.124. The van der Waals surface area contributed by atoms with Crippen LogP contribution in [-0.2, 0) is 14.3 Å². The molecule has 0 rings (SSSR count). The van der Waals surface area contributed by atoms with E-state index in [0.717, 1.165) is 19.4 Å². The molecule has 0 aromatic heterocycles. The fourth-order valence-electron chi connectivity index (χ4n) is 1.57. The van der Waals surface area contributed by atoms with Gasteiger partial charge in [0, 0.05) is 26.2 Å². The van der Waals surface area contributed by atoms with E-state index in [1.165, 1.54) is 0 Å². The number of ether oxygens (including phenoxy) is 2. The summed E-state index contributed by atoms with van der Waals surface area (Å²) >= 11 is 0. The first-order chi connectivity index (χ1) is 9.87. The van der Waals surface area contributed by atoms with Crippen LogP contribution in [0.1, 0.15) is 60.8 Å². The fourth-order valence-corrected chi connectivity index (χ4v) is 1.57. The third-order valence-electron chi connectivity index (χ3n) is 2.93. The smallest absolute Gasteiger partial charge is 0.129 e. The average Bonchev–Trinajstić information content (AvgIpc) is 2.43. The van der Waals surface area contributed by atoms with Crippen LogP contribution in [0.2, 0.25) is 0 Å². The standard InChI is InChI=1S/C14H30N2O3.C2H6/c1-12(17)5-6-13(2)18-9-7-14(3,4)19-10-8-16-11-15;1-2/h13,16H,5-11,15H2,1-4H3;1-2H3. The van der Waals surface area contributed by atoms with Crippen molar-refractivity contribution < 1.29 is 14.3 Å². The summed E-state index contributed by atoms with van der Waals surface area (Å²) in [6, 6.07) is 0. The van der Waals surface area contributed by atoms with Gasteiger partial charge in [-0.05, 0) is 40.5 Å². The highest BCUT2D eigenvalue weighted by molar-refractivity contribution is 5.75. The fraction of sp³-hybridized carbons (Fsp3) is 0.938. The van der Waals surface area contributed by atoms with Gasteiger partial charge in [0.2, 0.25) is 0 Å². The van der Waals surface area contributed by atoms with E-state index in [9.17, 15) is 4.79 Å². The Morgan fingerprint density at radius 3 is 2.43 bits per heavy atom. The van der Waals surface area contributed by atoms with Crippen LogP contribution in [0, 0.1) is 0 Å². The van der Waals surface area contributed by atoms with Gasteiger partial charge in [0.15, 0.2) is 0 Å². The molecule has 0 fully saturated rings. The highest BCUT2D eigenvalue weighted by Gasteiger charge is 2.18. The maximum absolute atomic E-state index is 10.9. The number of nitrogens with one attached hydrogen (secondary N) is 1. The van der Waals surface area contributed by atoms with Gasteiger partial charge in [-0.2, -0.15) is 0 Å². The zero-order chi connectivity index (χ0) is 16.7. The number of nitrogens with two attached hydrogens (primary N) is 1. The molecule has 3 N–H and O–H groups in total. The summed E-state index contributed by atoms with van der Waals surface area (Å²) in [5, 5.41) is 3.01. The summed E-state index contributed by atoms with van der Waals surface area (Å²) in [4.78, 5) is 10.9. The van der Waals surface area contributed by atoms with E-state index in [1.54, 1.807) is 6.92 Å². The Labute approximate surface area is 130 Å². The van der Waals surface area contributed by atoms with Crippen LogP contribution in [0.4, 0.5) is 0 Å². The largest absolute Gasteiger partial charge is 0.378 e. The van der Waals surface area contributed by atoms with E-state index in [0.29, 0.717) is 26.3 Å². The maximum atomic E-state index is 10.9. The van der Waals surface area contributed by atoms with Crippen LogP contribution in [0.25, 0.3) is 0 Å². The summed E-state index contributed by atoms with van der Waals surface area (Å²) in [5.74, 6) is 0.214. The lowest BCUT2D eigenvalue weighted by Crippen LogP contribution is -2.32. The van der Waals surface area contributed by atoms with Crippen LogP contribution < -0.4 is 11.1 Å². The molecule has 0 aliphatic carbocycles. The number of hydrogen-bond donors (Lipinski definition) is 2. The van der Waals surface area contributed by atoms with Gasteiger partial charge < -0.3 is 25.3 Å². The van der Waals surface area contributed by atoms with Crippen LogP contribution in [0.5, 0.6) is 0 Å². The Bertz CT molecular complexity index is 246. The topological polar surface area (TPSA) is 73.6 Å². The predicted molar refractivity (Wildman–Crippen MR) is 88.4 cm³/mol. The second kappa shape index (κ2) is 14.4. The van der Waals surface area contributed by atoms with Crippen LogP contribution in [0.3, 0.4) is 0 Å². The van der Waals surface area contributed by atoms with Crippen LogP contribution in [0.15, 0.2) is 0 Å². The molecule has 0 aliphatic heterocycles. The van der Waals surface area contributed by atoms with Gasteiger partial charge >= 0.3 is 0 Å². The number of Topliss-reactive ketones (excluding diaryl/α,β-unsaturated/α-hetero) is 1. The maximum Gasteiger partial charge on any atom is 0.129 e. The first-order valence-corrected chi connectivity index (χ1v) is 8.03. The van der Waals surface area contributed by atoms with Crippen molar-refractivity contribution in [2.75, 3.05) is 26.4 Å². The molecule has 0 saturated carbocycles. The summed E-state index contributed by atoms with van der Waals surface area (Å²) in [7, 11) is 0. The van der Waals surface area contributed by atoms with Gasteiger partial charge in [-0.25, -0.2) is 0 Å². The molecular weight excluding hydrogens is 268 g/mol. The molecule has 1 unspecified atom stereocenters. The van der Waals surface area contributed by atoms with Crippen molar-refractivity contribution in [2.24, 2.45) is 5.73 Å². The third-order valence-corrected chi connectivity index (χ3v) is 2.93. The Hall–Kier alpha value is -0.490. The zero-order valence-corrected chi connectivity index (χ0v) is 14.8. The van der Waals surface area contributed by atoms with E-state index in [4.69, 9.17) is 15.2 Å². The Balaban J connectivity index is 0. The monoisotopic (exact) mass is 304 g/mol. The van der Waals surface area contributed by atoms with E-state index in [-0.39, 0.29) is 17.5 Å². The first kappa shape index (κ1) is 22.8. The van der Waals surface area contributed by atoms with Gasteiger partial charge in [-0.3, -0.25) is 0 Å². The van der Waals surface area contributed by atoms with Crippen molar-refractivity contribution >= 4 is 5.78 Å². The number of ketones is 1. The van der Waals surface area contributed by atoms with E-state index < -0.39 is 0 Å². The van der Waals surface area contributed by atoms with E-state index in [2.05, 4.69) is 19.2 Å². The third kappa shape index (κ3) is 17.5. The van der Waals surface area contributed by atoms with Crippen molar-refractivity contribution in [3.8, 4) is 0 Å². The number of carbonyl (C=O) groups is 1. The lowest BCUT2D eigenvalue weighted by Gasteiger charge is -2.26. The quantitative estimate of drug-likeness (QED) is 0.428. The molecule has 0 aromatic rings. The molecule has 1 atom stereocenters. The van der Waals surface area contributed by atoms with E-state index in [1.807, 2.05) is 20.8 Å². The number of rotatable bonds is 12. The van der Waals surface area contributed by atoms with Crippen molar-refractivity contribution in [2.45, 2.75) is 72.5 Å². The normalized spacial score (nSPS) is 12.5. The van der Waals surface area contributed by atoms with Crippen LogP contribution >= 0.6 is 0 Å². The summed E-state index contributed by atoms with van der Waals surface area (Å²) in [6.45, 7) is 14.2.